The molecule has 1 aliphatic heterocycles. The zero-order valence-corrected chi connectivity index (χ0v) is 11.3. The topological polar surface area (TPSA) is 73.1 Å². The Labute approximate surface area is 117 Å². The van der Waals surface area contributed by atoms with Crippen molar-refractivity contribution in [3.8, 4) is 0 Å². The fourth-order valence-corrected chi connectivity index (χ4v) is 2.24. The Hall–Kier alpha value is -2.50. The van der Waals surface area contributed by atoms with E-state index in [1.54, 1.807) is 4.90 Å². The number of nitrogens with zero attached hydrogens (tertiary/aromatic N) is 2. The average Bonchev–Trinajstić information content (AvgIpc) is 3.06. The molecule has 3 N–H and O–H groups in total. The van der Waals surface area contributed by atoms with Gasteiger partial charge in [-0.15, -0.1) is 0 Å². The second-order valence-corrected chi connectivity index (χ2v) is 4.78. The number of rotatable bonds is 4. The number of aromatic amines is 1. The van der Waals surface area contributed by atoms with Crippen LogP contribution in [0.15, 0.2) is 30.5 Å². The van der Waals surface area contributed by atoms with Crippen LogP contribution in [0, 0.1) is 6.92 Å². The SMILES string of the molecule is Cc1ncc(CNc2ccc(N3CCNC3=O)cc2)[nH]1. The maximum Gasteiger partial charge on any atom is 0.321 e. The van der Waals surface area contributed by atoms with E-state index in [4.69, 9.17) is 0 Å². The van der Waals surface area contributed by atoms with Gasteiger partial charge in [0.05, 0.1) is 18.4 Å². The molecule has 1 aromatic heterocycles. The van der Waals surface area contributed by atoms with Crippen LogP contribution >= 0.6 is 0 Å². The molecule has 104 valence electrons. The highest BCUT2D eigenvalue weighted by atomic mass is 16.2. The smallest absolute Gasteiger partial charge is 0.321 e. The number of aromatic nitrogens is 2. The van der Waals surface area contributed by atoms with Gasteiger partial charge in [0.1, 0.15) is 5.82 Å². The van der Waals surface area contributed by atoms with Gasteiger partial charge in [-0.2, -0.15) is 0 Å². The molecule has 2 amide bonds. The number of nitrogens with one attached hydrogen (secondary N) is 3. The third-order valence-electron chi connectivity index (χ3n) is 3.27. The summed E-state index contributed by atoms with van der Waals surface area (Å²) in [7, 11) is 0. The van der Waals surface area contributed by atoms with Gasteiger partial charge in [0.25, 0.3) is 0 Å². The van der Waals surface area contributed by atoms with Crippen molar-refractivity contribution in [2.75, 3.05) is 23.3 Å². The van der Waals surface area contributed by atoms with Gasteiger partial charge in [-0.3, -0.25) is 4.90 Å². The average molecular weight is 271 g/mol. The number of benzene rings is 1. The molecule has 6 heteroatoms. The van der Waals surface area contributed by atoms with Crippen molar-refractivity contribution in [2.24, 2.45) is 0 Å². The quantitative estimate of drug-likeness (QED) is 0.794. The Kier molecular flexibility index (Phi) is 3.28. The maximum atomic E-state index is 11.6. The van der Waals surface area contributed by atoms with Crippen molar-refractivity contribution >= 4 is 17.4 Å². The fraction of sp³-hybridized carbons (Fsp3) is 0.286. The standard InChI is InChI=1S/C14H17N5O/c1-10-16-8-12(18-10)9-17-11-2-4-13(5-3-11)19-7-6-15-14(19)20/h2-5,8,17H,6-7,9H2,1H3,(H,15,20)(H,16,18). The predicted octanol–water partition coefficient (Wildman–Crippen LogP) is 1.86. The van der Waals surface area contributed by atoms with Gasteiger partial charge >= 0.3 is 6.03 Å². The summed E-state index contributed by atoms with van der Waals surface area (Å²) in [5.74, 6) is 0.914. The molecule has 3 rings (SSSR count). The Bertz CT molecular complexity index is 604. The molecule has 1 aliphatic rings. The number of H-pyrrole nitrogens is 1. The van der Waals surface area contributed by atoms with Crippen molar-refractivity contribution in [2.45, 2.75) is 13.5 Å². The van der Waals surface area contributed by atoms with Gasteiger partial charge in [0.15, 0.2) is 0 Å². The summed E-state index contributed by atoms with van der Waals surface area (Å²) in [5, 5.41) is 6.10. The Morgan fingerprint density at radius 1 is 1.35 bits per heavy atom. The van der Waals surface area contributed by atoms with Crippen LogP contribution in [0.3, 0.4) is 0 Å². The van der Waals surface area contributed by atoms with Crippen LogP contribution in [-0.2, 0) is 6.54 Å². The van der Waals surface area contributed by atoms with Crippen LogP contribution in [0.4, 0.5) is 16.2 Å². The molecule has 2 heterocycles. The molecule has 0 bridgehead atoms. The molecule has 2 aromatic rings. The molecule has 20 heavy (non-hydrogen) atoms. The summed E-state index contributed by atoms with van der Waals surface area (Å²) < 4.78 is 0. The van der Waals surface area contributed by atoms with Crippen LogP contribution in [0.5, 0.6) is 0 Å². The summed E-state index contributed by atoms with van der Waals surface area (Å²) in [6.45, 7) is 4.06. The maximum absolute atomic E-state index is 11.6. The van der Waals surface area contributed by atoms with Crippen molar-refractivity contribution in [3.05, 3.63) is 42.0 Å². The van der Waals surface area contributed by atoms with E-state index in [0.29, 0.717) is 13.1 Å². The lowest BCUT2D eigenvalue weighted by molar-refractivity contribution is 0.252. The first-order valence-corrected chi connectivity index (χ1v) is 6.62. The van der Waals surface area contributed by atoms with Crippen LogP contribution in [0.2, 0.25) is 0 Å². The summed E-state index contributed by atoms with van der Waals surface area (Å²) in [4.78, 5) is 20.6. The molecule has 0 spiro atoms. The highest BCUT2D eigenvalue weighted by Crippen LogP contribution is 2.19. The van der Waals surface area contributed by atoms with Gasteiger partial charge < -0.3 is 15.6 Å². The Balaban J connectivity index is 1.62. The number of hydrogen-bond acceptors (Lipinski definition) is 3. The predicted molar refractivity (Wildman–Crippen MR) is 77.8 cm³/mol. The zero-order chi connectivity index (χ0) is 13.9. The Morgan fingerprint density at radius 2 is 2.15 bits per heavy atom. The highest BCUT2D eigenvalue weighted by molar-refractivity contribution is 5.94. The van der Waals surface area contributed by atoms with E-state index in [1.165, 1.54) is 0 Å². The molecule has 1 aromatic carbocycles. The fourth-order valence-electron chi connectivity index (χ4n) is 2.24. The number of anilines is 2. The molecular formula is C14H17N5O. The van der Waals surface area contributed by atoms with Crippen molar-refractivity contribution in [1.82, 2.24) is 15.3 Å². The number of carbonyl (C=O) groups excluding carboxylic acids is 1. The van der Waals surface area contributed by atoms with Crippen molar-refractivity contribution in [3.63, 3.8) is 0 Å². The van der Waals surface area contributed by atoms with Gasteiger partial charge in [-0.05, 0) is 31.2 Å². The lowest BCUT2D eigenvalue weighted by Gasteiger charge is -2.14. The number of hydrogen-bond donors (Lipinski definition) is 3. The van der Waals surface area contributed by atoms with E-state index in [9.17, 15) is 4.79 Å². The van der Waals surface area contributed by atoms with Crippen molar-refractivity contribution < 1.29 is 4.79 Å². The number of aryl methyl sites for hydroxylation is 1. The van der Waals surface area contributed by atoms with Gasteiger partial charge in [0.2, 0.25) is 0 Å². The minimum atomic E-state index is -0.0290. The number of urea groups is 1. The molecule has 0 radical (unpaired) electrons. The van der Waals surface area contributed by atoms with E-state index in [2.05, 4.69) is 20.6 Å². The number of amides is 2. The Morgan fingerprint density at radius 3 is 2.75 bits per heavy atom. The zero-order valence-electron chi connectivity index (χ0n) is 11.3. The monoisotopic (exact) mass is 271 g/mol. The largest absolute Gasteiger partial charge is 0.379 e. The molecule has 0 atom stereocenters. The third-order valence-corrected chi connectivity index (χ3v) is 3.27. The highest BCUT2D eigenvalue weighted by Gasteiger charge is 2.20. The molecular weight excluding hydrogens is 254 g/mol. The van der Waals surface area contributed by atoms with Crippen LogP contribution in [0.1, 0.15) is 11.5 Å². The first-order chi connectivity index (χ1) is 9.72. The second kappa shape index (κ2) is 5.24. The number of imidazole rings is 1. The third kappa shape index (κ3) is 2.59. The minimum absolute atomic E-state index is 0.0290. The van der Waals surface area contributed by atoms with E-state index < -0.39 is 0 Å². The summed E-state index contributed by atoms with van der Waals surface area (Å²) in [6.07, 6.45) is 1.82. The molecule has 6 nitrogen and oxygen atoms in total. The lowest BCUT2D eigenvalue weighted by Crippen LogP contribution is -2.27. The molecule has 0 aliphatic carbocycles. The van der Waals surface area contributed by atoms with E-state index in [-0.39, 0.29) is 6.03 Å². The molecule has 0 saturated carbocycles. The van der Waals surface area contributed by atoms with E-state index in [1.807, 2.05) is 37.4 Å². The normalized spacial score (nSPS) is 14.4. The van der Waals surface area contributed by atoms with Crippen LogP contribution < -0.4 is 15.5 Å². The van der Waals surface area contributed by atoms with Gasteiger partial charge in [-0.1, -0.05) is 0 Å². The first kappa shape index (κ1) is 12.5. The summed E-state index contributed by atoms with van der Waals surface area (Å²) in [5.41, 5.74) is 2.98. The van der Waals surface area contributed by atoms with E-state index >= 15 is 0 Å². The van der Waals surface area contributed by atoms with Crippen LogP contribution in [-0.4, -0.2) is 29.1 Å². The number of carbonyl (C=O) groups is 1. The lowest BCUT2D eigenvalue weighted by atomic mass is 10.2. The van der Waals surface area contributed by atoms with Gasteiger partial charge in [-0.25, -0.2) is 9.78 Å². The van der Waals surface area contributed by atoms with Crippen molar-refractivity contribution in [1.29, 1.82) is 0 Å². The van der Waals surface area contributed by atoms with Gasteiger partial charge in [0, 0.05) is 24.5 Å². The molecule has 1 saturated heterocycles. The first-order valence-electron chi connectivity index (χ1n) is 6.62. The molecule has 1 fully saturated rings. The molecule has 0 unspecified atom stereocenters. The minimum Gasteiger partial charge on any atom is -0.379 e. The van der Waals surface area contributed by atoms with E-state index in [0.717, 1.165) is 29.4 Å². The summed E-state index contributed by atoms with van der Waals surface area (Å²) >= 11 is 0. The van der Waals surface area contributed by atoms with Crippen LogP contribution in [0.25, 0.3) is 0 Å². The summed E-state index contributed by atoms with van der Waals surface area (Å²) in [6, 6.07) is 7.82. The second-order valence-electron chi connectivity index (χ2n) is 4.78.